The summed E-state index contributed by atoms with van der Waals surface area (Å²) < 4.78 is 5.44. The number of carbonyl (C=O) groups excluding carboxylic acids is 1. The first-order valence-electron chi connectivity index (χ1n) is 6.79. The Kier molecular flexibility index (Phi) is 4.78. The molecule has 114 valence electrons. The van der Waals surface area contributed by atoms with Crippen molar-refractivity contribution >= 4 is 17.6 Å². The standard InChI is InChI=1S/C17H17NO4/c1-11-7-12(2)9-13(8-11)22-10-16(19)18-15-6-4-3-5-14(15)17(20)21/h3-9H,10H2,1-2H3,(H,18,19)(H,20,21). The first kappa shape index (κ1) is 15.6. The number of nitrogens with one attached hydrogen (secondary N) is 1. The van der Waals surface area contributed by atoms with Crippen molar-refractivity contribution in [2.24, 2.45) is 0 Å². The summed E-state index contributed by atoms with van der Waals surface area (Å²) in [5, 5.41) is 11.6. The Morgan fingerprint density at radius 1 is 1.09 bits per heavy atom. The summed E-state index contributed by atoms with van der Waals surface area (Å²) in [6, 6.07) is 11.9. The van der Waals surface area contributed by atoms with Gasteiger partial charge in [0.2, 0.25) is 0 Å². The number of aryl methyl sites for hydroxylation is 2. The minimum absolute atomic E-state index is 0.0438. The van der Waals surface area contributed by atoms with Crippen LogP contribution >= 0.6 is 0 Å². The van der Waals surface area contributed by atoms with E-state index in [1.165, 1.54) is 12.1 Å². The number of carboxylic acids is 1. The fourth-order valence-electron chi connectivity index (χ4n) is 2.13. The van der Waals surface area contributed by atoms with Gasteiger partial charge in [0, 0.05) is 0 Å². The third-order valence-electron chi connectivity index (χ3n) is 3.00. The lowest BCUT2D eigenvalue weighted by Crippen LogP contribution is -2.21. The average molecular weight is 299 g/mol. The summed E-state index contributed by atoms with van der Waals surface area (Å²) in [5.41, 5.74) is 2.39. The average Bonchev–Trinajstić information content (AvgIpc) is 2.44. The van der Waals surface area contributed by atoms with Gasteiger partial charge in [0.1, 0.15) is 5.75 Å². The number of carbonyl (C=O) groups is 2. The van der Waals surface area contributed by atoms with E-state index in [0.29, 0.717) is 5.75 Å². The summed E-state index contributed by atoms with van der Waals surface area (Å²) in [6.45, 7) is 3.71. The van der Waals surface area contributed by atoms with Crippen molar-refractivity contribution in [3.8, 4) is 5.75 Å². The van der Waals surface area contributed by atoms with Crippen molar-refractivity contribution in [2.75, 3.05) is 11.9 Å². The van der Waals surface area contributed by atoms with Crippen LogP contribution in [0.2, 0.25) is 0 Å². The van der Waals surface area contributed by atoms with Crippen LogP contribution in [0.4, 0.5) is 5.69 Å². The molecule has 0 aliphatic carbocycles. The van der Waals surface area contributed by atoms with Gasteiger partial charge in [0.05, 0.1) is 11.3 Å². The number of rotatable bonds is 5. The third kappa shape index (κ3) is 4.09. The van der Waals surface area contributed by atoms with E-state index in [1.54, 1.807) is 12.1 Å². The lowest BCUT2D eigenvalue weighted by molar-refractivity contribution is -0.118. The van der Waals surface area contributed by atoms with Gasteiger partial charge in [0.25, 0.3) is 5.91 Å². The summed E-state index contributed by atoms with van der Waals surface area (Å²) in [4.78, 5) is 23.0. The minimum Gasteiger partial charge on any atom is -0.484 e. The van der Waals surface area contributed by atoms with Crippen LogP contribution in [0.15, 0.2) is 42.5 Å². The second kappa shape index (κ2) is 6.76. The summed E-state index contributed by atoms with van der Waals surface area (Å²) >= 11 is 0. The molecule has 2 aromatic rings. The van der Waals surface area contributed by atoms with Gasteiger partial charge in [-0.15, -0.1) is 0 Å². The first-order valence-corrected chi connectivity index (χ1v) is 6.79. The topological polar surface area (TPSA) is 75.6 Å². The highest BCUT2D eigenvalue weighted by atomic mass is 16.5. The number of carboxylic acid groups (broad SMARTS) is 1. The van der Waals surface area contributed by atoms with Crippen LogP contribution in [-0.4, -0.2) is 23.6 Å². The molecule has 2 aromatic carbocycles. The molecule has 0 heterocycles. The molecule has 0 aliphatic heterocycles. The fourth-order valence-corrected chi connectivity index (χ4v) is 2.13. The van der Waals surface area contributed by atoms with Gasteiger partial charge in [-0.25, -0.2) is 4.79 Å². The molecular weight excluding hydrogens is 282 g/mol. The molecule has 0 fully saturated rings. The summed E-state index contributed by atoms with van der Waals surface area (Å²) in [5.74, 6) is -0.891. The maximum Gasteiger partial charge on any atom is 0.337 e. The highest BCUT2D eigenvalue weighted by Gasteiger charge is 2.12. The van der Waals surface area contributed by atoms with Crippen LogP contribution in [0.1, 0.15) is 21.5 Å². The van der Waals surface area contributed by atoms with E-state index < -0.39 is 11.9 Å². The van der Waals surface area contributed by atoms with Gasteiger partial charge < -0.3 is 15.2 Å². The molecule has 5 nitrogen and oxygen atoms in total. The molecule has 1 amide bonds. The monoisotopic (exact) mass is 299 g/mol. The second-order valence-corrected chi connectivity index (χ2v) is 5.01. The Hall–Kier alpha value is -2.82. The zero-order chi connectivity index (χ0) is 16.1. The number of ether oxygens (including phenoxy) is 1. The number of amides is 1. The Morgan fingerprint density at radius 3 is 2.36 bits per heavy atom. The van der Waals surface area contributed by atoms with E-state index >= 15 is 0 Å². The van der Waals surface area contributed by atoms with E-state index in [-0.39, 0.29) is 17.9 Å². The van der Waals surface area contributed by atoms with Crippen molar-refractivity contribution in [3.63, 3.8) is 0 Å². The molecule has 0 unspecified atom stereocenters. The number of aromatic carboxylic acids is 1. The van der Waals surface area contributed by atoms with Gasteiger partial charge in [-0.2, -0.15) is 0 Å². The van der Waals surface area contributed by atoms with Gasteiger partial charge in [-0.1, -0.05) is 18.2 Å². The molecular formula is C17H17NO4. The van der Waals surface area contributed by atoms with Crippen LogP contribution in [0.3, 0.4) is 0 Å². The van der Waals surface area contributed by atoms with Crippen LogP contribution in [-0.2, 0) is 4.79 Å². The summed E-state index contributed by atoms with van der Waals surface area (Å²) in [6.07, 6.45) is 0. The second-order valence-electron chi connectivity index (χ2n) is 5.01. The van der Waals surface area contributed by atoms with Gasteiger partial charge in [0.15, 0.2) is 6.61 Å². The third-order valence-corrected chi connectivity index (χ3v) is 3.00. The fraction of sp³-hybridized carbons (Fsp3) is 0.176. The zero-order valence-electron chi connectivity index (χ0n) is 12.4. The molecule has 0 radical (unpaired) electrons. The molecule has 0 spiro atoms. The zero-order valence-corrected chi connectivity index (χ0v) is 12.4. The predicted molar refractivity (Wildman–Crippen MR) is 83.4 cm³/mol. The van der Waals surface area contributed by atoms with E-state index in [0.717, 1.165) is 11.1 Å². The highest BCUT2D eigenvalue weighted by Crippen LogP contribution is 2.17. The predicted octanol–water partition coefficient (Wildman–Crippen LogP) is 3.02. The van der Waals surface area contributed by atoms with Crippen LogP contribution in [0, 0.1) is 13.8 Å². The number of benzene rings is 2. The summed E-state index contributed by atoms with van der Waals surface area (Å²) in [7, 11) is 0. The molecule has 0 saturated carbocycles. The number of hydrogen-bond donors (Lipinski definition) is 2. The van der Waals surface area contributed by atoms with Crippen LogP contribution in [0.5, 0.6) is 5.75 Å². The van der Waals surface area contributed by atoms with E-state index in [4.69, 9.17) is 9.84 Å². The Balaban J connectivity index is 2.00. The van der Waals surface area contributed by atoms with Crippen LogP contribution in [0.25, 0.3) is 0 Å². The lowest BCUT2D eigenvalue weighted by Gasteiger charge is -2.10. The minimum atomic E-state index is -1.09. The highest BCUT2D eigenvalue weighted by molar-refractivity contribution is 6.00. The molecule has 5 heteroatoms. The molecule has 2 N–H and O–H groups in total. The van der Waals surface area contributed by atoms with Crippen molar-refractivity contribution in [2.45, 2.75) is 13.8 Å². The Labute approximate surface area is 128 Å². The Morgan fingerprint density at radius 2 is 1.73 bits per heavy atom. The molecule has 2 rings (SSSR count). The number of anilines is 1. The molecule has 22 heavy (non-hydrogen) atoms. The molecule has 0 saturated heterocycles. The number of para-hydroxylation sites is 1. The molecule has 0 aromatic heterocycles. The SMILES string of the molecule is Cc1cc(C)cc(OCC(=O)Nc2ccccc2C(=O)O)c1. The Bertz CT molecular complexity index is 689. The van der Waals surface area contributed by atoms with E-state index in [1.807, 2.05) is 32.0 Å². The van der Waals surface area contributed by atoms with Gasteiger partial charge >= 0.3 is 5.97 Å². The maximum atomic E-state index is 11.9. The van der Waals surface area contributed by atoms with Crippen molar-refractivity contribution in [1.29, 1.82) is 0 Å². The quantitative estimate of drug-likeness (QED) is 0.890. The van der Waals surface area contributed by atoms with Gasteiger partial charge in [-0.3, -0.25) is 4.79 Å². The molecule has 0 atom stereocenters. The normalized spacial score (nSPS) is 10.1. The van der Waals surface area contributed by atoms with Crippen molar-refractivity contribution < 1.29 is 19.4 Å². The van der Waals surface area contributed by atoms with E-state index in [9.17, 15) is 9.59 Å². The van der Waals surface area contributed by atoms with Crippen LogP contribution < -0.4 is 10.1 Å². The van der Waals surface area contributed by atoms with Crippen molar-refractivity contribution in [3.05, 3.63) is 59.2 Å². The lowest BCUT2D eigenvalue weighted by atomic mass is 10.1. The molecule has 0 bridgehead atoms. The van der Waals surface area contributed by atoms with Gasteiger partial charge in [-0.05, 0) is 49.2 Å². The number of hydrogen-bond acceptors (Lipinski definition) is 3. The van der Waals surface area contributed by atoms with Crippen molar-refractivity contribution in [1.82, 2.24) is 0 Å². The first-order chi connectivity index (χ1) is 10.5. The maximum absolute atomic E-state index is 11.9. The van der Waals surface area contributed by atoms with E-state index in [2.05, 4.69) is 5.32 Å². The molecule has 0 aliphatic rings. The largest absolute Gasteiger partial charge is 0.484 e. The smallest absolute Gasteiger partial charge is 0.337 e.